The van der Waals surface area contributed by atoms with Gasteiger partial charge in [0.2, 0.25) is 0 Å². The number of pyridine rings is 1. The molecule has 0 radical (unpaired) electrons. The summed E-state index contributed by atoms with van der Waals surface area (Å²) in [5.41, 5.74) is -0.0294. The number of aliphatic hydroxyl groups excluding tert-OH is 1. The first kappa shape index (κ1) is 29.6. The third-order valence-electron chi connectivity index (χ3n) is 10.1. The predicted octanol–water partition coefficient (Wildman–Crippen LogP) is 5.80. The highest BCUT2D eigenvalue weighted by atomic mass is 19.1. The fourth-order valence-corrected chi connectivity index (χ4v) is 7.96. The number of terminal acetylenes is 1. The lowest BCUT2D eigenvalue weighted by Gasteiger charge is -2.44. The van der Waals surface area contributed by atoms with Crippen molar-refractivity contribution >= 4 is 27.5 Å². The van der Waals surface area contributed by atoms with Crippen LogP contribution in [-0.4, -0.2) is 75.5 Å². The quantitative estimate of drug-likeness (QED) is 0.273. The van der Waals surface area contributed by atoms with Crippen LogP contribution in [0.3, 0.4) is 0 Å². The maximum Gasteiger partial charge on any atom is 0.319 e. The summed E-state index contributed by atoms with van der Waals surface area (Å²) in [5.74, 6) is 1.30. The molecule has 3 unspecified atom stereocenters. The average Bonchev–Trinajstić information content (AvgIpc) is 3.35. The number of hydrogen-bond acceptors (Lipinski definition) is 8. The summed E-state index contributed by atoms with van der Waals surface area (Å²) in [6.45, 7) is 2.46. The van der Waals surface area contributed by atoms with Crippen molar-refractivity contribution in [2.45, 2.75) is 63.5 Å². The number of rotatable bonds is 5. The number of phenolic OH excluding ortho intramolecular Hbond substituents is 1. The number of ether oxygens (including phenoxy) is 1. The number of aromatic hydroxyl groups is 1. The van der Waals surface area contributed by atoms with Crippen molar-refractivity contribution in [3.8, 4) is 35.4 Å². The molecule has 0 bridgehead atoms. The Morgan fingerprint density at radius 3 is 2.78 bits per heavy atom. The lowest BCUT2D eigenvalue weighted by atomic mass is 9.76. The first-order chi connectivity index (χ1) is 21.8. The summed E-state index contributed by atoms with van der Waals surface area (Å²) in [7, 11) is 2.17. The minimum absolute atomic E-state index is 0.00451. The molecule has 7 rings (SSSR count). The highest BCUT2D eigenvalue weighted by molar-refractivity contribution is 6.03. The van der Waals surface area contributed by atoms with E-state index >= 15 is 4.39 Å². The molecule has 4 aromatic rings. The van der Waals surface area contributed by atoms with Gasteiger partial charge in [0.1, 0.15) is 28.6 Å². The van der Waals surface area contributed by atoms with Crippen LogP contribution in [0.4, 0.5) is 14.6 Å². The molecule has 3 fully saturated rings. The van der Waals surface area contributed by atoms with Crippen molar-refractivity contribution in [2.24, 2.45) is 5.41 Å². The second kappa shape index (κ2) is 11.7. The number of halogens is 2. The number of nitrogens with zero attached hydrogens (tertiary/aromatic N) is 5. The third-order valence-corrected chi connectivity index (χ3v) is 10.1. The van der Waals surface area contributed by atoms with Gasteiger partial charge in [-0.1, -0.05) is 18.4 Å². The zero-order valence-electron chi connectivity index (χ0n) is 25.4. The number of β-amino-alcohol motifs (C(OH)–C–C–N with tert-alkyl or cyclic N) is 1. The number of hydrogen-bond donors (Lipinski definition) is 2. The first-order valence-electron chi connectivity index (χ1n) is 15.8. The van der Waals surface area contributed by atoms with Gasteiger partial charge in [-0.25, -0.2) is 8.78 Å². The summed E-state index contributed by atoms with van der Waals surface area (Å²) in [5, 5.41) is 22.3. The molecule has 2 saturated heterocycles. The van der Waals surface area contributed by atoms with Gasteiger partial charge in [0, 0.05) is 41.7 Å². The molecule has 2 aromatic carbocycles. The largest absolute Gasteiger partial charge is 0.508 e. The number of fused-ring (bicyclic) bond motifs is 3. The number of likely N-dealkylation sites (tertiary alicyclic amines) is 1. The number of phenols is 1. The van der Waals surface area contributed by atoms with E-state index in [2.05, 4.69) is 27.8 Å². The van der Waals surface area contributed by atoms with Crippen molar-refractivity contribution in [1.29, 1.82) is 0 Å². The molecule has 1 aliphatic carbocycles. The molecule has 2 aromatic heterocycles. The monoisotopic (exact) mass is 613 g/mol. The van der Waals surface area contributed by atoms with Crippen LogP contribution in [0.2, 0.25) is 0 Å². The van der Waals surface area contributed by atoms with Crippen molar-refractivity contribution in [2.75, 3.05) is 38.2 Å². The Bertz CT molecular complexity index is 1830. The van der Waals surface area contributed by atoms with E-state index in [4.69, 9.17) is 16.1 Å². The number of piperidine rings is 1. The van der Waals surface area contributed by atoms with Gasteiger partial charge in [0.15, 0.2) is 5.82 Å². The topological polar surface area (TPSA) is 94.8 Å². The van der Waals surface area contributed by atoms with Crippen molar-refractivity contribution < 1.29 is 23.7 Å². The summed E-state index contributed by atoms with van der Waals surface area (Å²) in [4.78, 5) is 18.3. The van der Waals surface area contributed by atoms with Gasteiger partial charge < -0.3 is 24.7 Å². The van der Waals surface area contributed by atoms with Crippen molar-refractivity contribution in [1.82, 2.24) is 19.9 Å². The maximum absolute atomic E-state index is 16.8. The van der Waals surface area contributed by atoms with Crippen LogP contribution in [0, 0.1) is 29.4 Å². The number of anilines is 1. The van der Waals surface area contributed by atoms with Crippen LogP contribution in [-0.2, 0) is 0 Å². The van der Waals surface area contributed by atoms with Crippen LogP contribution < -0.4 is 9.64 Å². The van der Waals surface area contributed by atoms with Crippen molar-refractivity contribution in [3.05, 3.63) is 47.7 Å². The molecule has 4 heterocycles. The maximum atomic E-state index is 16.8. The fourth-order valence-electron chi connectivity index (χ4n) is 7.96. The highest BCUT2D eigenvalue weighted by Crippen LogP contribution is 2.47. The molecule has 234 valence electrons. The summed E-state index contributed by atoms with van der Waals surface area (Å²) >= 11 is 0. The van der Waals surface area contributed by atoms with E-state index in [9.17, 15) is 14.6 Å². The Labute approximate surface area is 261 Å². The van der Waals surface area contributed by atoms with Gasteiger partial charge in [-0.05, 0) is 82.1 Å². The van der Waals surface area contributed by atoms with Gasteiger partial charge in [-0.15, -0.1) is 6.42 Å². The lowest BCUT2D eigenvalue weighted by Crippen LogP contribution is -2.50. The fraction of sp³-hybridized carbons (Fsp3) is 0.457. The molecule has 10 heteroatoms. The van der Waals surface area contributed by atoms with E-state index in [1.807, 2.05) is 4.90 Å². The van der Waals surface area contributed by atoms with Gasteiger partial charge in [0.05, 0.1) is 23.7 Å². The molecule has 2 N–H and O–H groups in total. The molecular weight excluding hydrogens is 576 g/mol. The first-order valence-corrected chi connectivity index (χ1v) is 15.8. The molecule has 45 heavy (non-hydrogen) atoms. The number of aromatic nitrogens is 3. The van der Waals surface area contributed by atoms with E-state index < -0.39 is 17.7 Å². The number of aliphatic hydroxyl groups is 1. The van der Waals surface area contributed by atoms with Gasteiger partial charge in [0.25, 0.3) is 0 Å². The second-order valence-corrected chi connectivity index (χ2v) is 12.9. The Balaban J connectivity index is 1.38. The number of benzene rings is 2. The van der Waals surface area contributed by atoms with Gasteiger partial charge >= 0.3 is 6.01 Å². The van der Waals surface area contributed by atoms with Crippen LogP contribution in [0.1, 0.15) is 56.9 Å². The third kappa shape index (κ3) is 5.22. The summed E-state index contributed by atoms with van der Waals surface area (Å²) in [6, 6.07) is 5.99. The van der Waals surface area contributed by atoms with Gasteiger partial charge in [-0.3, -0.25) is 4.98 Å². The SMILES string of the molecule is C#Cc1c(F)ccc2cc(O)cc(-c3ncc4c(N5CCCCC(O)C5)nc(OCC56CCCC5N(C)CCC6)nc4c3F)c12. The smallest absolute Gasteiger partial charge is 0.319 e. The van der Waals surface area contributed by atoms with Gasteiger partial charge in [-0.2, -0.15) is 9.97 Å². The van der Waals surface area contributed by atoms with E-state index in [1.54, 1.807) is 0 Å². The van der Waals surface area contributed by atoms with E-state index in [1.165, 1.54) is 30.5 Å². The molecule has 8 nitrogen and oxygen atoms in total. The summed E-state index contributed by atoms with van der Waals surface area (Å²) < 4.78 is 38.0. The van der Waals surface area contributed by atoms with Crippen LogP contribution >= 0.6 is 0 Å². The predicted molar refractivity (Wildman–Crippen MR) is 169 cm³/mol. The minimum Gasteiger partial charge on any atom is -0.508 e. The van der Waals surface area contributed by atoms with E-state index in [-0.39, 0.29) is 44.9 Å². The normalized spacial score (nSPS) is 24.0. The Morgan fingerprint density at radius 1 is 1.09 bits per heavy atom. The summed E-state index contributed by atoms with van der Waals surface area (Å²) in [6.07, 6.45) is 14.5. The molecule has 3 aliphatic rings. The molecule has 3 atom stereocenters. The minimum atomic E-state index is -0.759. The molecule has 1 saturated carbocycles. The molecule has 0 amide bonds. The zero-order chi connectivity index (χ0) is 31.3. The Morgan fingerprint density at radius 2 is 1.93 bits per heavy atom. The Kier molecular flexibility index (Phi) is 7.70. The Hall–Kier alpha value is -4.07. The molecule has 2 aliphatic heterocycles. The average molecular weight is 614 g/mol. The molecular formula is C35H37F2N5O3. The lowest BCUT2D eigenvalue weighted by molar-refractivity contribution is 0.0133. The van der Waals surface area contributed by atoms with Crippen molar-refractivity contribution in [3.63, 3.8) is 0 Å². The van der Waals surface area contributed by atoms with Crippen LogP contribution in [0.5, 0.6) is 11.8 Å². The van der Waals surface area contributed by atoms with Crippen LogP contribution in [0.25, 0.3) is 32.9 Å². The second-order valence-electron chi connectivity index (χ2n) is 12.9. The standard InChI is InChI=1S/C35H37F2N5O3/c1-3-24-27(36)11-10-21-16-23(44)17-25(29(21)24)31-30(37)32-26(18-38-31)33(42-15-5-4-8-22(43)19-42)40-34(39-32)45-20-35-12-6-9-28(35)41(2)14-7-13-35/h1,10-11,16-18,22,28,43-44H,4-9,12-15,19-20H2,2H3. The zero-order valence-corrected chi connectivity index (χ0v) is 25.4. The van der Waals surface area contributed by atoms with E-state index in [0.717, 1.165) is 51.5 Å². The highest BCUT2D eigenvalue weighted by Gasteiger charge is 2.47. The van der Waals surface area contributed by atoms with Crippen LogP contribution in [0.15, 0.2) is 30.5 Å². The van der Waals surface area contributed by atoms with E-state index in [0.29, 0.717) is 48.7 Å². The molecule has 0 spiro atoms.